The van der Waals surface area contributed by atoms with E-state index >= 15 is 0 Å². The predicted molar refractivity (Wildman–Crippen MR) is 63.5 cm³/mol. The lowest BCUT2D eigenvalue weighted by molar-refractivity contribution is 0.670. The lowest BCUT2D eigenvalue weighted by Crippen LogP contribution is -2.13. The van der Waals surface area contributed by atoms with Crippen LogP contribution in [-0.4, -0.2) is 15.5 Å². The maximum absolute atomic E-state index is 12.3. The van der Waals surface area contributed by atoms with Crippen molar-refractivity contribution in [1.82, 2.24) is 0 Å². The van der Waals surface area contributed by atoms with Crippen molar-refractivity contribution in [3.63, 3.8) is 0 Å². The van der Waals surface area contributed by atoms with Gasteiger partial charge in [-0.05, 0) is 27.7 Å². The van der Waals surface area contributed by atoms with Crippen molar-refractivity contribution in [2.45, 2.75) is 52.8 Å². The van der Waals surface area contributed by atoms with Crippen LogP contribution in [0, 0.1) is 17.1 Å². The van der Waals surface area contributed by atoms with Crippen LogP contribution in [0.2, 0.25) is 0 Å². The molecule has 0 saturated heterocycles. The Labute approximate surface area is 88.7 Å². The minimum Gasteiger partial charge on any atom is -0.236 e. The van der Waals surface area contributed by atoms with E-state index in [0.29, 0.717) is 0 Å². The van der Waals surface area contributed by atoms with E-state index in [2.05, 4.69) is 15.5 Å². The van der Waals surface area contributed by atoms with Crippen molar-refractivity contribution < 1.29 is 4.21 Å². The van der Waals surface area contributed by atoms with E-state index in [1.54, 1.807) is 0 Å². The van der Waals surface area contributed by atoms with E-state index in [1.165, 1.54) is 0 Å². The highest BCUT2D eigenvalue weighted by Gasteiger charge is 2.11. The Morgan fingerprint density at radius 2 is 1.57 bits per heavy atom. The van der Waals surface area contributed by atoms with Crippen LogP contribution in [0.5, 0.6) is 0 Å². The average Bonchev–Trinajstić information content (AvgIpc) is 1.99. The third-order valence-corrected chi connectivity index (χ3v) is 3.92. The molecule has 0 amide bonds. The summed E-state index contributed by atoms with van der Waals surface area (Å²) in [6.07, 6.45) is 0. The second-order valence-electron chi connectivity index (χ2n) is 4.22. The van der Waals surface area contributed by atoms with Gasteiger partial charge in [0.1, 0.15) is 9.73 Å². The fourth-order valence-corrected chi connectivity index (χ4v) is 2.34. The molecule has 0 saturated carbocycles. The first-order valence-corrected chi connectivity index (χ1v) is 6.63. The molecule has 2 nitrogen and oxygen atoms in total. The minimum atomic E-state index is -2.34. The van der Waals surface area contributed by atoms with E-state index in [0.717, 1.165) is 0 Å². The van der Waals surface area contributed by atoms with Gasteiger partial charge in [0.15, 0.2) is 0 Å². The van der Waals surface area contributed by atoms with Crippen molar-refractivity contribution in [2.75, 3.05) is 0 Å². The van der Waals surface area contributed by atoms with Crippen molar-refractivity contribution in [3.05, 3.63) is 0 Å². The molecule has 0 N–H and O–H groups in total. The molecule has 82 valence electrons. The van der Waals surface area contributed by atoms with Gasteiger partial charge in [0.2, 0.25) is 0 Å². The molecule has 1 unspecified atom stereocenters. The summed E-state index contributed by atoms with van der Waals surface area (Å²) in [6.45, 7) is 11.6. The molecule has 0 bridgehead atoms. The van der Waals surface area contributed by atoms with Crippen molar-refractivity contribution in [3.8, 4) is 11.2 Å². The maximum atomic E-state index is 12.3. The minimum absolute atomic E-state index is 0.00356. The van der Waals surface area contributed by atoms with Gasteiger partial charge in [-0.2, -0.15) is 0 Å². The molecule has 0 aromatic carbocycles. The van der Waals surface area contributed by atoms with Crippen molar-refractivity contribution >= 4 is 9.73 Å². The van der Waals surface area contributed by atoms with Gasteiger partial charge in [-0.3, -0.25) is 0 Å². The molecule has 1 atom stereocenters. The lowest BCUT2D eigenvalue weighted by atomic mass is 10.2. The molecule has 0 rings (SSSR count). The summed E-state index contributed by atoms with van der Waals surface area (Å²) in [5.74, 6) is 3.20. The van der Waals surface area contributed by atoms with Gasteiger partial charge in [-0.25, -0.2) is 8.57 Å². The third kappa shape index (κ3) is 4.66. The number of rotatable bonds is 2. The maximum Gasteiger partial charge on any atom is 0.117 e. The lowest BCUT2D eigenvalue weighted by Gasteiger charge is -2.08. The highest BCUT2D eigenvalue weighted by atomic mass is 32.2. The Morgan fingerprint density at radius 3 is 1.86 bits per heavy atom. The van der Waals surface area contributed by atoms with Crippen LogP contribution in [0.3, 0.4) is 0 Å². The topological polar surface area (TPSA) is 29.4 Å². The zero-order valence-corrected chi connectivity index (χ0v) is 10.8. The monoisotopic (exact) mass is 215 g/mol. The van der Waals surface area contributed by atoms with Gasteiger partial charge in [0.05, 0.1) is 6.04 Å². The average molecular weight is 215 g/mol. The molecule has 0 aromatic heterocycles. The quantitative estimate of drug-likeness (QED) is 0.651. The highest BCUT2D eigenvalue weighted by Crippen LogP contribution is 2.07. The van der Waals surface area contributed by atoms with E-state index in [4.69, 9.17) is 0 Å². The van der Waals surface area contributed by atoms with Gasteiger partial charge in [-0.15, -0.1) is 0 Å². The van der Waals surface area contributed by atoms with Gasteiger partial charge in [-0.1, -0.05) is 19.8 Å². The summed E-state index contributed by atoms with van der Waals surface area (Å²) < 4.78 is 16.5. The largest absolute Gasteiger partial charge is 0.236 e. The molecule has 0 aliphatic heterocycles. The van der Waals surface area contributed by atoms with Gasteiger partial charge in [0.25, 0.3) is 0 Å². The summed E-state index contributed by atoms with van der Waals surface area (Å²) in [5.41, 5.74) is 0. The first-order valence-electron chi connectivity index (χ1n) is 5.05. The molecule has 0 aliphatic rings. The Hall–Kier alpha value is -0.490. The molecule has 0 spiro atoms. The summed E-state index contributed by atoms with van der Waals surface area (Å²) in [5, 5.41) is 2.83. The van der Waals surface area contributed by atoms with Gasteiger partial charge in [0, 0.05) is 16.4 Å². The smallest absolute Gasteiger partial charge is 0.117 e. The van der Waals surface area contributed by atoms with Crippen LogP contribution in [0.15, 0.2) is 4.36 Å². The molecule has 14 heavy (non-hydrogen) atoms. The summed E-state index contributed by atoms with van der Waals surface area (Å²) in [4.78, 5) is 0. The van der Waals surface area contributed by atoms with Gasteiger partial charge >= 0.3 is 0 Å². The fraction of sp³-hybridized carbons (Fsp3) is 0.818. The first-order chi connectivity index (χ1) is 6.28. The van der Waals surface area contributed by atoms with Crippen molar-refractivity contribution in [2.24, 2.45) is 10.3 Å². The molecule has 0 aliphatic carbocycles. The van der Waals surface area contributed by atoms with Crippen LogP contribution >= 0.6 is 0 Å². The Morgan fingerprint density at radius 1 is 1.07 bits per heavy atom. The predicted octanol–water partition coefficient (Wildman–Crippen LogP) is 2.89. The summed E-state index contributed by atoms with van der Waals surface area (Å²) >= 11 is 0. The van der Waals surface area contributed by atoms with E-state index in [1.807, 2.05) is 41.5 Å². The zero-order chi connectivity index (χ0) is 11.4. The molecule has 3 heteroatoms. The van der Waals surface area contributed by atoms with E-state index < -0.39 is 9.73 Å². The van der Waals surface area contributed by atoms with Crippen LogP contribution in [0.4, 0.5) is 0 Å². The normalized spacial score (nSPS) is 15.2. The van der Waals surface area contributed by atoms with Crippen LogP contribution in [0.25, 0.3) is 0 Å². The van der Waals surface area contributed by atoms with E-state index in [9.17, 15) is 4.21 Å². The molecule has 0 fully saturated rings. The molecule has 0 aromatic rings. The summed E-state index contributed by atoms with van der Waals surface area (Å²) in [6, 6.07) is 0.0753. The van der Waals surface area contributed by atoms with Crippen molar-refractivity contribution in [1.29, 1.82) is 0 Å². The van der Waals surface area contributed by atoms with Crippen LogP contribution < -0.4 is 0 Å². The van der Waals surface area contributed by atoms with Gasteiger partial charge < -0.3 is 0 Å². The SMILES string of the molecule is CC(C)C#CS(=O)(=NC(C)C)C(C)C. The number of nitrogens with zero attached hydrogens (tertiary/aromatic N) is 1. The molecular weight excluding hydrogens is 194 g/mol. The Kier molecular flexibility index (Phi) is 5.22. The highest BCUT2D eigenvalue weighted by molar-refractivity contribution is 7.98. The number of hydrogen-bond donors (Lipinski definition) is 0. The molecular formula is C11H21NOS. The zero-order valence-electron chi connectivity index (χ0n) is 10.00. The second kappa shape index (κ2) is 5.41. The standard InChI is InChI=1S/C11H21NOS/c1-9(2)7-8-14(13,11(5)6)12-10(3)4/h9-11H,1-6H3. The number of hydrogen-bond acceptors (Lipinski definition) is 2. The summed E-state index contributed by atoms with van der Waals surface area (Å²) in [7, 11) is -2.34. The Bertz CT molecular complexity index is 336. The molecule has 0 heterocycles. The first kappa shape index (κ1) is 13.5. The molecule has 0 radical (unpaired) electrons. The van der Waals surface area contributed by atoms with Crippen LogP contribution in [-0.2, 0) is 9.73 Å². The van der Waals surface area contributed by atoms with Crippen LogP contribution in [0.1, 0.15) is 41.5 Å². The Balaban J connectivity index is 5.18. The van der Waals surface area contributed by atoms with E-state index in [-0.39, 0.29) is 17.2 Å². The fourth-order valence-electron chi connectivity index (χ4n) is 0.781. The second-order valence-corrected chi connectivity index (χ2v) is 6.71. The third-order valence-electron chi connectivity index (χ3n) is 1.50.